The summed E-state index contributed by atoms with van der Waals surface area (Å²) in [6, 6.07) is 0. The Labute approximate surface area is 214 Å². The molecule has 0 radical (unpaired) electrons. The number of hydrogen-bond donors (Lipinski definition) is 1. The highest BCUT2D eigenvalue weighted by Crippen LogP contribution is 2.30. The second-order valence-corrected chi connectivity index (χ2v) is 9.88. The smallest absolute Gasteiger partial charge is 0.306 e. The number of ether oxygens (including phenoxy) is 5. The van der Waals surface area contributed by atoms with Crippen LogP contribution in [0.5, 0.6) is 0 Å². The van der Waals surface area contributed by atoms with Gasteiger partial charge in [0, 0.05) is 26.2 Å². The van der Waals surface area contributed by atoms with Gasteiger partial charge in [0.25, 0.3) is 0 Å². The number of aliphatic hydroxyl groups excluding tert-OH is 1. The van der Waals surface area contributed by atoms with Crippen LogP contribution in [0.4, 0.5) is 0 Å². The summed E-state index contributed by atoms with van der Waals surface area (Å²) in [6.07, 6.45) is -4.41. The Kier molecular flexibility index (Phi) is 14.0. The van der Waals surface area contributed by atoms with Crippen molar-refractivity contribution in [2.75, 3.05) is 6.61 Å². The van der Waals surface area contributed by atoms with Gasteiger partial charge >= 0.3 is 23.9 Å². The van der Waals surface area contributed by atoms with Gasteiger partial charge in [0.1, 0.15) is 12.7 Å². The first-order chi connectivity index (χ1) is 16.9. The molecule has 0 aromatic rings. The summed E-state index contributed by atoms with van der Waals surface area (Å²) in [4.78, 5) is 49.5. The third-order valence-electron chi connectivity index (χ3n) is 6.50. The van der Waals surface area contributed by atoms with Crippen LogP contribution in [-0.2, 0) is 42.9 Å². The first kappa shape index (κ1) is 31.8. The van der Waals surface area contributed by atoms with Crippen LogP contribution in [-0.4, -0.2) is 66.3 Å². The van der Waals surface area contributed by atoms with Crippen LogP contribution in [0.2, 0.25) is 0 Å². The quantitative estimate of drug-likeness (QED) is 0.271. The van der Waals surface area contributed by atoms with Crippen molar-refractivity contribution in [3.8, 4) is 0 Å². The highest BCUT2D eigenvalue weighted by Gasteiger charge is 2.52. The number of aliphatic hydroxyl groups is 1. The van der Waals surface area contributed by atoms with Gasteiger partial charge in [-0.15, -0.1) is 0 Å². The summed E-state index contributed by atoms with van der Waals surface area (Å²) in [5, 5.41) is 10.7. The third kappa shape index (κ3) is 10.8. The first-order valence-electron chi connectivity index (χ1n) is 13.0. The summed E-state index contributed by atoms with van der Waals surface area (Å²) in [6.45, 7) is 12.3. The molecule has 208 valence electrons. The average molecular weight is 517 g/mol. The molecule has 10 nitrogen and oxygen atoms in total. The van der Waals surface area contributed by atoms with E-state index in [1.54, 1.807) is 0 Å². The van der Waals surface area contributed by atoms with Gasteiger partial charge in [-0.05, 0) is 17.8 Å². The molecule has 0 aromatic heterocycles. The number of carbonyl (C=O) groups excluding carboxylic acids is 4. The minimum absolute atomic E-state index is 0.0249. The number of esters is 4. The van der Waals surface area contributed by atoms with Gasteiger partial charge in [-0.1, -0.05) is 60.8 Å². The lowest BCUT2D eigenvalue weighted by atomic mass is 9.97. The molecule has 1 heterocycles. The van der Waals surface area contributed by atoms with E-state index in [1.165, 1.54) is 6.92 Å². The van der Waals surface area contributed by atoms with Crippen LogP contribution >= 0.6 is 0 Å². The topological polar surface area (TPSA) is 135 Å². The molecule has 0 saturated carbocycles. The predicted molar refractivity (Wildman–Crippen MR) is 129 cm³/mol. The molecule has 36 heavy (non-hydrogen) atoms. The van der Waals surface area contributed by atoms with E-state index in [0.717, 1.165) is 19.3 Å². The Hall–Kier alpha value is -2.20. The molecule has 1 rings (SSSR count). The largest absolute Gasteiger partial charge is 0.463 e. The zero-order chi connectivity index (χ0) is 27.4. The van der Waals surface area contributed by atoms with E-state index in [4.69, 9.17) is 23.7 Å². The molecule has 0 spiro atoms. The lowest BCUT2D eigenvalue weighted by Crippen LogP contribution is -2.62. The molecule has 0 aliphatic carbocycles. The van der Waals surface area contributed by atoms with Crippen molar-refractivity contribution in [3.63, 3.8) is 0 Å². The van der Waals surface area contributed by atoms with Gasteiger partial charge in [0.15, 0.2) is 24.6 Å². The van der Waals surface area contributed by atoms with Gasteiger partial charge in [-0.25, -0.2) is 0 Å². The van der Waals surface area contributed by atoms with E-state index in [9.17, 15) is 24.3 Å². The molecule has 1 aliphatic heterocycles. The van der Waals surface area contributed by atoms with Crippen LogP contribution < -0.4 is 0 Å². The Morgan fingerprint density at radius 2 is 1.11 bits per heavy atom. The minimum Gasteiger partial charge on any atom is -0.463 e. The second-order valence-electron chi connectivity index (χ2n) is 9.88. The highest BCUT2D eigenvalue weighted by atomic mass is 16.7. The molecule has 10 heteroatoms. The molecule has 1 aliphatic rings. The monoisotopic (exact) mass is 516 g/mol. The van der Waals surface area contributed by atoms with Crippen molar-refractivity contribution in [1.29, 1.82) is 0 Å². The van der Waals surface area contributed by atoms with E-state index < -0.39 is 54.6 Å². The lowest BCUT2D eigenvalue weighted by Gasteiger charge is -2.43. The lowest BCUT2D eigenvalue weighted by molar-refractivity contribution is -0.297. The minimum atomic E-state index is -1.70. The summed E-state index contributed by atoms with van der Waals surface area (Å²) < 4.78 is 27.5. The standard InChI is InChI=1S/C26H44O10/c1-8-15(4)11-20(28)34-23-19(14-32-18(7)27)33-26(31)25(36-22(30)13-17(6)10-3)24(23)35-21(29)12-16(5)9-2/h15-17,19,23-26,31H,8-14H2,1-7H3/t15?,16?,17?,19-,23-,24+,25-,26?/m1/s1. The maximum absolute atomic E-state index is 12.8. The Morgan fingerprint density at radius 1 is 0.722 bits per heavy atom. The van der Waals surface area contributed by atoms with Crippen molar-refractivity contribution in [3.05, 3.63) is 0 Å². The van der Waals surface area contributed by atoms with Crippen LogP contribution in [0.15, 0.2) is 0 Å². The number of carbonyl (C=O) groups is 4. The average Bonchev–Trinajstić information content (AvgIpc) is 2.81. The summed E-state index contributed by atoms with van der Waals surface area (Å²) >= 11 is 0. The van der Waals surface area contributed by atoms with Crippen molar-refractivity contribution in [1.82, 2.24) is 0 Å². The molecule has 8 atom stereocenters. The molecular weight excluding hydrogens is 472 g/mol. The fourth-order valence-electron chi connectivity index (χ4n) is 3.52. The second kappa shape index (κ2) is 15.8. The molecular formula is C26H44O10. The van der Waals surface area contributed by atoms with E-state index in [0.29, 0.717) is 0 Å². The fraction of sp³-hybridized carbons (Fsp3) is 0.846. The van der Waals surface area contributed by atoms with Crippen molar-refractivity contribution in [2.45, 2.75) is 118 Å². The van der Waals surface area contributed by atoms with Gasteiger partial charge in [0.2, 0.25) is 0 Å². The molecule has 0 amide bonds. The van der Waals surface area contributed by atoms with Gasteiger partial charge in [-0.2, -0.15) is 0 Å². The Balaban J connectivity index is 3.30. The van der Waals surface area contributed by atoms with Crippen molar-refractivity contribution < 1.29 is 48.0 Å². The summed E-state index contributed by atoms with van der Waals surface area (Å²) in [5.41, 5.74) is 0. The summed E-state index contributed by atoms with van der Waals surface area (Å²) in [7, 11) is 0. The Bertz CT molecular complexity index is 724. The Morgan fingerprint density at radius 3 is 1.50 bits per heavy atom. The fourth-order valence-corrected chi connectivity index (χ4v) is 3.52. The molecule has 1 saturated heterocycles. The normalized spacial score (nSPS) is 26.3. The zero-order valence-corrected chi connectivity index (χ0v) is 22.7. The molecule has 4 unspecified atom stereocenters. The maximum atomic E-state index is 12.8. The third-order valence-corrected chi connectivity index (χ3v) is 6.50. The van der Waals surface area contributed by atoms with E-state index in [-0.39, 0.29) is 43.6 Å². The highest BCUT2D eigenvalue weighted by molar-refractivity contribution is 5.72. The van der Waals surface area contributed by atoms with Gasteiger partial charge in [-0.3, -0.25) is 19.2 Å². The van der Waals surface area contributed by atoms with Crippen LogP contribution in [0.1, 0.15) is 87.0 Å². The zero-order valence-electron chi connectivity index (χ0n) is 22.7. The van der Waals surface area contributed by atoms with E-state index in [2.05, 4.69) is 0 Å². The molecule has 0 aromatic carbocycles. The van der Waals surface area contributed by atoms with Gasteiger partial charge in [0.05, 0.1) is 0 Å². The predicted octanol–water partition coefficient (Wildman–Crippen LogP) is 3.31. The van der Waals surface area contributed by atoms with Gasteiger partial charge < -0.3 is 28.8 Å². The SMILES string of the molecule is CCC(C)CC(=O)O[C@H]1[C@H](OC(=O)CC(C)CC)[C@@H](OC(=O)CC(C)CC)C(O)O[C@@H]1COC(C)=O. The first-order valence-corrected chi connectivity index (χ1v) is 13.0. The number of hydrogen-bond acceptors (Lipinski definition) is 10. The molecule has 0 bridgehead atoms. The molecule has 1 N–H and O–H groups in total. The number of rotatable bonds is 14. The van der Waals surface area contributed by atoms with Crippen LogP contribution in [0.3, 0.4) is 0 Å². The van der Waals surface area contributed by atoms with E-state index >= 15 is 0 Å². The van der Waals surface area contributed by atoms with Crippen LogP contribution in [0, 0.1) is 17.8 Å². The maximum Gasteiger partial charge on any atom is 0.306 e. The summed E-state index contributed by atoms with van der Waals surface area (Å²) in [5.74, 6) is -2.29. The molecule has 1 fully saturated rings. The van der Waals surface area contributed by atoms with Crippen LogP contribution in [0.25, 0.3) is 0 Å². The van der Waals surface area contributed by atoms with Crippen molar-refractivity contribution in [2.24, 2.45) is 17.8 Å². The van der Waals surface area contributed by atoms with Crippen molar-refractivity contribution >= 4 is 23.9 Å². The van der Waals surface area contributed by atoms with E-state index in [1.807, 2.05) is 41.5 Å².